The van der Waals surface area contributed by atoms with E-state index in [4.69, 9.17) is 4.74 Å². The van der Waals surface area contributed by atoms with Crippen LogP contribution in [0, 0.1) is 0 Å². The molecule has 0 radical (unpaired) electrons. The van der Waals surface area contributed by atoms with Crippen molar-refractivity contribution < 1.29 is 4.74 Å². The highest BCUT2D eigenvalue weighted by Crippen LogP contribution is 2.42. The molecule has 24 heavy (non-hydrogen) atoms. The van der Waals surface area contributed by atoms with E-state index in [9.17, 15) is 0 Å². The minimum Gasteiger partial charge on any atom is -0.380 e. The molecule has 128 valence electrons. The maximum absolute atomic E-state index is 6.06. The Morgan fingerprint density at radius 2 is 1.46 bits per heavy atom. The molecule has 3 rings (SSSR count). The van der Waals surface area contributed by atoms with Crippen molar-refractivity contribution in [2.75, 3.05) is 33.9 Å². The minimum atomic E-state index is -0.0516. The van der Waals surface area contributed by atoms with Crippen molar-refractivity contribution in [3.05, 3.63) is 70.8 Å². The molecule has 2 aromatic rings. The van der Waals surface area contributed by atoms with Crippen molar-refractivity contribution >= 4 is 0 Å². The van der Waals surface area contributed by atoms with Gasteiger partial charge in [0.15, 0.2) is 0 Å². The Kier molecular flexibility index (Phi) is 5.37. The molecule has 0 saturated heterocycles. The van der Waals surface area contributed by atoms with Gasteiger partial charge in [0.1, 0.15) is 0 Å². The van der Waals surface area contributed by atoms with Crippen LogP contribution in [0.3, 0.4) is 0 Å². The van der Waals surface area contributed by atoms with Gasteiger partial charge in [-0.05, 0) is 69.1 Å². The third-order valence-corrected chi connectivity index (χ3v) is 5.27. The highest BCUT2D eigenvalue weighted by molar-refractivity contribution is 5.50. The fraction of sp³-hybridized carbons (Fsp3) is 0.455. The molecule has 0 aromatic heterocycles. The monoisotopic (exact) mass is 323 g/mol. The fourth-order valence-corrected chi connectivity index (χ4v) is 4.01. The molecule has 2 nitrogen and oxygen atoms in total. The smallest absolute Gasteiger partial charge is 0.0604 e. The lowest BCUT2D eigenvalue weighted by atomic mass is 9.70. The van der Waals surface area contributed by atoms with Crippen LogP contribution in [0.2, 0.25) is 0 Å². The van der Waals surface area contributed by atoms with E-state index in [1.165, 1.54) is 22.3 Å². The number of aryl methyl sites for hydroxylation is 2. The summed E-state index contributed by atoms with van der Waals surface area (Å²) in [4.78, 5) is 2.28. The summed E-state index contributed by atoms with van der Waals surface area (Å²) in [6.45, 7) is 4.66. The lowest BCUT2D eigenvalue weighted by molar-refractivity contribution is 0.0990. The third kappa shape index (κ3) is 3.26. The van der Waals surface area contributed by atoms with Crippen LogP contribution in [-0.4, -0.2) is 38.8 Å². The summed E-state index contributed by atoms with van der Waals surface area (Å²) in [6, 6.07) is 18.0. The summed E-state index contributed by atoms with van der Waals surface area (Å²) < 4.78 is 6.06. The summed E-state index contributed by atoms with van der Waals surface area (Å²) >= 11 is 0. The Hall–Kier alpha value is -1.64. The first-order valence-corrected chi connectivity index (χ1v) is 9.06. The highest BCUT2D eigenvalue weighted by atomic mass is 16.5. The molecule has 0 heterocycles. The molecule has 0 spiro atoms. The van der Waals surface area contributed by atoms with Gasteiger partial charge in [-0.1, -0.05) is 48.5 Å². The van der Waals surface area contributed by atoms with Gasteiger partial charge >= 0.3 is 0 Å². The van der Waals surface area contributed by atoms with Crippen LogP contribution < -0.4 is 0 Å². The van der Waals surface area contributed by atoms with E-state index < -0.39 is 0 Å². The van der Waals surface area contributed by atoms with Crippen molar-refractivity contribution in [3.63, 3.8) is 0 Å². The number of rotatable bonds is 6. The molecule has 0 saturated carbocycles. The van der Waals surface area contributed by atoms with E-state index >= 15 is 0 Å². The van der Waals surface area contributed by atoms with E-state index in [1.807, 2.05) is 0 Å². The van der Waals surface area contributed by atoms with Crippen LogP contribution in [0.15, 0.2) is 48.5 Å². The second kappa shape index (κ2) is 7.50. The van der Waals surface area contributed by atoms with Gasteiger partial charge in [-0.2, -0.15) is 0 Å². The molecule has 2 aromatic carbocycles. The van der Waals surface area contributed by atoms with Gasteiger partial charge in [-0.25, -0.2) is 0 Å². The fourth-order valence-electron chi connectivity index (χ4n) is 4.01. The Morgan fingerprint density at radius 3 is 1.96 bits per heavy atom. The Morgan fingerprint density at radius 1 is 0.917 bits per heavy atom. The first-order chi connectivity index (χ1) is 11.7. The first-order valence-electron chi connectivity index (χ1n) is 9.06. The molecule has 0 atom stereocenters. The van der Waals surface area contributed by atoms with Gasteiger partial charge in [-0.3, -0.25) is 0 Å². The molecule has 0 unspecified atom stereocenters. The van der Waals surface area contributed by atoms with Crippen molar-refractivity contribution in [3.8, 4) is 0 Å². The Balaban J connectivity index is 2.18. The largest absolute Gasteiger partial charge is 0.380 e. The summed E-state index contributed by atoms with van der Waals surface area (Å²) in [6.07, 6.45) is 3.31. The molecule has 0 amide bonds. The summed E-state index contributed by atoms with van der Waals surface area (Å²) in [5.74, 6) is 0. The lowest BCUT2D eigenvalue weighted by Gasteiger charge is -2.37. The van der Waals surface area contributed by atoms with Crippen molar-refractivity contribution in [1.82, 2.24) is 4.90 Å². The number of ether oxygens (including phenoxy) is 1. The third-order valence-electron chi connectivity index (χ3n) is 5.27. The average Bonchev–Trinajstić information content (AvgIpc) is 2.74. The maximum Gasteiger partial charge on any atom is 0.0604 e. The van der Waals surface area contributed by atoms with Gasteiger partial charge in [0.05, 0.1) is 6.61 Å². The van der Waals surface area contributed by atoms with Crippen LogP contribution >= 0.6 is 0 Å². The molecule has 1 aliphatic rings. The highest BCUT2D eigenvalue weighted by Gasteiger charge is 2.39. The lowest BCUT2D eigenvalue weighted by Crippen LogP contribution is -2.37. The Labute approximate surface area is 146 Å². The zero-order valence-electron chi connectivity index (χ0n) is 15.2. The van der Waals surface area contributed by atoms with Gasteiger partial charge < -0.3 is 9.64 Å². The summed E-state index contributed by atoms with van der Waals surface area (Å²) in [5, 5.41) is 0. The molecule has 0 N–H and O–H groups in total. The summed E-state index contributed by atoms with van der Waals surface area (Å²) in [7, 11) is 4.31. The minimum absolute atomic E-state index is 0.0516. The molecule has 2 heteroatoms. The zero-order chi connectivity index (χ0) is 17.0. The predicted octanol–water partition coefficient (Wildman–Crippen LogP) is 4.06. The van der Waals surface area contributed by atoms with E-state index in [-0.39, 0.29) is 5.41 Å². The standard InChI is InChI=1S/C22H29NO/c1-4-24-17-22(15-16-23(2)3)20-11-7-5-9-18(20)13-14-19-10-6-8-12-21(19)22/h5-12H,4,13-17H2,1-3H3. The van der Waals surface area contributed by atoms with E-state index in [2.05, 4.69) is 74.4 Å². The van der Waals surface area contributed by atoms with Crippen molar-refractivity contribution in [2.45, 2.75) is 31.6 Å². The van der Waals surface area contributed by atoms with E-state index in [0.717, 1.165) is 39.0 Å². The van der Waals surface area contributed by atoms with E-state index in [1.54, 1.807) is 0 Å². The molecule has 0 aliphatic heterocycles. The number of benzene rings is 2. The second-order valence-electron chi connectivity index (χ2n) is 7.09. The SMILES string of the molecule is CCOCC1(CCN(C)C)c2ccccc2CCc2ccccc21. The van der Waals surface area contributed by atoms with Crippen molar-refractivity contribution in [1.29, 1.82) is 0 Å². The number of hydrogen-bond donors (Lipinski definition) is 0. The molecule has 0 bridgehead atoms. The number of fused-ring (bicyclic) bond motifs is 2. The average molecular weight is 323 g/mol. The topological polar surface area (TPSA) is 12.5 Å². The van der Waals surface area contributed by atoms with Crippen LogP contribution in [0.5, 0.6) is 0 Å². The molecular formula is C22H29NO. The van der Waals surface area contributed by atoms with Gasteiger partial charge in [0, 0.05) is 12.0 Å². The quantitative estimate of drug-likeness (QED) is 0.795. The van der Waals surface area contributed by atoms with Gasteiger partial charge in [0.25, 0.3) is 0 Å². The zero-order valence-corrected chi connectivity index (χ0v) is 15.2. The number of nitrogens with zero attached hydrogens (tertiary/aromatic N) is 1. The molecule has 1 aliphatic carbocycles. The second-order valence-corrected chi connectivity index (χ2v) is 7.09. The normalized spacial score (nSPS) is 15.7. The molecular weight excluding hydrogens is 294 g/mol. The molecule has 0 fully saturated rings. The van der Waals surface area contributed by atoms with Crippen LogP contribution in [0.25, 0.3) is 0 Å². The first kappa shape index (κ1) is 17.2. The Bertz CT molecular complexity index is 630. The van der Waals surface area contributed by atoms with Crippen molar-refractivity contribution in [2.24, 2.45) is 0 Å². The van der Waals surface area contributed by atoms with E-state index in [0.29, 0.717) is 0 Å². The van der Waals surface area contributed by atoms with Gasteiger partial charge in [0.2, 0.25) is 0 Å². The predicted molar refractivity (Wildman–Crippen MR) is 101 cm³/mol. The van der Waals surface area contributed by atoms with Crippen LogP contribution in [0.1, 0.15) is 35.6 Å². The number of hydrogen-bond acceptors (Lipinski definition) is 2. The maximum atomic E-state index is 6.06. The van der Waals surface area contributed by atoms with Gasteiger partial charge in [-0.15, -0.1) is 0 Å². The van der Waals surface area contributed by atoms with Crippen LogP contribution in [-0.2, 0) is 23.0 Å². The van der Waals surface area contributed by atoms with Crippen LogP contribution in [0.4, 0.5) is 0 Å². The summed E-state index contributed by atoms with van der Waals surface area (Å²) in [5.41, 5.74) is 5.83.